The van der Waals surface area contributed by atoms with Crippen LogP contribution in [0.4, 0.5) is 4.39 Å². The van der Waals surface area contributed by atoms with E-state index in [1.54, 1.807) is 32.0 Å². The van der Waals surface area contributed by atoms with Crippen molar-refractivity contribution in [1.82, 2.24) is 9.97 Å². The van der Waals surface area contributed by atoms with E-state index in [1.807, 2.05) is 6.92 Å². The highest BCUT2D eigenvalue weighted by molar-refractivity contribution is 6.30. The predicted molar refractivity (Wildman–Crippen MR) is 77.0 cm³/mol. The Balaban J connectivity index is 2.39. The SMILES string of the molecule is CCCc1nc(Cl)c(C)c(Oc2cccc(C)c2F)n1. The van der Waals surface area contributed by atoms with Crippen LogP contribution in [-0.2, 0) is 6.42 Å². The molecule has 2 aromatic rings. The lowest BCUT2D eigenvalue weighted by Crippen LogP contribution is -2.02. The Labute approximate surface area is 122 Å². The van der Waals surface area contributed by atoms with Gasteiger partial charge in [-0.05, 0) is 31.9 Å². The Morgan fingerprint density at radius 2 is 2.00 bits per heavy atom. The van der Waals surface area contributed by atoms with Gasteiger partial charge in [-0.15, -0.1) is 0 Å². The molecular formula is C15H16ClFN2O. The van der Waals surface area contributed by atoms with Crippen LogP contribution < -0.4 is 4.74 Å². The predicted octanol–water partition coefficient (Wildman–Crippen LogP) is 4.63. The highest BCUT2D eigenvalue weighted by atomic mass is 35.5. The number of halogens is 2. The van der Waals surface area contributed by atoms with Crippen molar-refractivity contribution in [2.24, 2.45) is 0 Å². The fourth-order valence-electron chi connectivity index (χ4n) is 1.75. The Morgan fingerprint density at radius 1 is 1.25 bits per heavy atom. The Hall–Kier alpha value is -1.68. The summed E-state index contributed by atoms with van der Waals surface area (Å²) in [6.45, 7) is 5.46. The first-order chi connectivity index (χ1) is 9.52. The smallest absolute Gasteiger partial charge is 0.227 e. The average molecular weight is 295 g/mol. The molecule has 1 heterocycles. The van der Waals surface area contributed by atoms with Gasteiger partial charge in [0.05, 0.1) is 0 Å². The number of nitrogens with zero attached hydrogens (tertiary/aromatic N) is 2. The Morgan fingerprint density at radius 3 is 2.70 bits per heavy atom. The summed E-state index contributed by atoms with van der Waals surface area (Å²) >= 11 is 6.07. The molecule has 0 radical (unpaired) electrons. The van der Waals surface area contributed by atoms with E-state index in [-0.39, 0.29) is 5.75 Å². The van der Waals surface area contributed by atoms with Gasteiger partial charge in [-0.25, -0.2) is 9.37 Å². The van der Waals surface area contributed by atoms with Gasteiger partial charge in [-0.1, -0.05) is 30.7 Å². The van der Waals surface area contributed by atoms with Gasteiger partial charge in [0.1, 0.15) is 11.0 Å². The van der Waals surface area contributed by atoms with E-state index >= 15 is 0 Å². The van der Waals surface area contributed by atoms with E-state index in [0.717, 1.165) is 6.42 Å². The summed E-state index contributed by atoms with van der Waals surface area (Å²) in [5.74, 6) is 0.660. The van der Waals surface area contributed by atoms with Gasteiger partial charge >= 0.3 is 0 Å². The molecule has 20 heavy (non-hydrogen) atoms. The molecule has 0 unspecified atom stereocenters. The third-order valence-corrected chi connectivity index (χ3v) is 3.29. The maximum Gasteiger partial charge on any atom is 0.227 e. The summed E-state index contributed by atoms with van der Waals surface area (Å²) in [7, 11) is 0. The summed E-state index contributed by atoms with van der Waals surface area (Å²) in [5.41, 5.74) is 1.13. The van der Waals surface area contributed by atoms with Gasteiger partial charge < -0.3 is 4.74 Å². The molecule has 106 valence electrons. The third-order valence-electron chi connectivity index (χ3n) is 2.92. The summed E-state index contributed by atoms with van der Waals surface area (Å²) < 4.78 is 19.5. The number of benzene rings is 1. The second-order valence-corrected chi connectivity index (χ2v) is 4.96. The minimum Gasteiger partial charge on any atom is -0.435 e. The summed E-state index contributed by atoms with van der Waals surface area (Å²) in [6, 6.07) is 4.99. The van der Waals surface area contributed by atoms with E-state index < -0.39 is 5.82 Å². The Bertz CT molecular complexity index is 632. The summed E-state index contributed by atoms with van der Waals surface area (Å²) in [4.78, 5) is 8.49. The molecular weight excluding hydrogens is 279 g/mol. The van der Waals surface area contributed by atoms with Crippen molar-refractivity contribution in [3.05, 3.63) is 46.1 Å². The van der Waals surface area contributed by atoms with Crippen molar-refractivity contribution < 1.29 is 9.13 Å². The van der Waals surface area contributed by atoms with Crippen molar-refractivity contribution >= 4 is 11.6 Å². The van der Waals surface area contributed by atoms with E-state index in [9.17, 15) is 4.39 Å². The summed E-state index contributed by atoms with van der Waals surface area (Å²) in [5, 5.41) is 0.339. The van der Waals surface area contributed by atoms with Gasteiger partial charge in [0, 0.05) is 12.0 Å². The molecule has 0 aliphatic carbocycles. The number of ether oxygens (including phenoxy) is 1. The zero-order valence-electron chi connectivity index (χ0n) is 11.7. The first-order valence-electron chi connectivity index (χ1n) is 6.49. The lowest BCUT2D eigenvalue weighted by molar-refractivity contribution is 0.419. The van der Waals surface area contributed by atoms with Crippen LogP contribution in [0.15, 0.2) is 18.2 Å². The number of rotatable bonds is 4. The van der Waals surface area contributed by atoms with Crippen LogP contribution in [0.1, 0.15) is 30.3 Å². The maximum absolute atomic E-state index is 14.0. The molecule has 0 saturated heterocycles. The fraction of sp³-hybridized carbons (Fsp3) is 0.333. The average Bonchev–Trinajstić information content (AvgIpc) is 2.41. The normalized spacial score (nSPS) is 10.7. The molecule has 0 amide bonds. The molecule has 2 rings (SSSR count). The molecule has 5 heteroatoms. The van der Waals surface area contributed by atoms with E-state index in [0.29, 0.717) is 34.4 Å². The van der Waals surface area contributed by atoms with Crippen LogP contribution in [0.25, 0.3) is 0 Å². The van der Waals surface area contributed by atoms with Crippen molar-refractivity contribution in [2.45, 2.75) is 33.6 Å². The van der Waals surface area contributed by atoms with Gasteiger partial charge in [0.2, 0.25) is 5.88 Å². The lowest BCUT2D eigenvalue weighted by atomic mass is 10.2. The van der Waals surface area contributed by atoms with E-state index in [1.165, 1.54) is 0 Å². The molecule has 3 nitrogen and oxygen atoms in total. The molecule has 0 N–H and O–H groups in total. The zero-order chi connectivity index (χ0) is 14.7. The van der Waals surface area contributed by atoms with Crippen molar-refractivity contribution in [2.75, 3.05) is 0 Å². The van der Waals surface area contributed by atoms with E-state index in [2.05, 4.69) is 9.97 Å². The summed E-state index contributed by atoms with van der Waals surface area (Å²) in [6.07, 6.45) is 1.60. The zero-order valence-corrected chi connectivity index (χ0v) is 12.5. The van der Waals surface area contributed by atoms with Crippen LogP contribution in [0.3, 0.4) is 0 Å². The number of hydrogen-bond acceptors (Lipinski definition) is 3. The van der Waals surface area contributed by atoms with E-state index in [4.69, 9.17) is 16.3 Å². The Kier molecular flexibility index (Phi) is 4.55. The second kappa shape index (κ2) is 6.18. The van der Waals surface area contributed by atoms with Crippen LogP contribution >= 0.6 is 11.6 Å². The largest absolute Gasteiger partial charge is 0.435 e. The van der Waals surface area contributed by atoms with Gasteiger partial charge in [0.15, 0.2) is 11.6 Å². The number of aryl methyl sites for hydroxylation is 2. The van der Waals surface area contributed by atoms with Crippen LogP contribution in [0, 0.1) is 19.7 Å². The lowest BCUT2D eigenvalue weighted by Gasteiger charge is -2.11. The minimum atomic E-state index is -0.390. The fourth-order valence-corrected chi connectivity index (χ4v) is 1.93. The highest BCUT2D eigenvalue weighted by Crippen LogP contribution is 2.29. The van der Waals surface area contributed by atoms with Gasteiger partial charge in [-0.3, -0.25) is 0 Å². The third kappa shape index (κ3) is 3.07. The second-order valence-electron chi connectivity index (χ2n) is 4.60. The molecule has 0 saturated carbocycles. The molecule has 0 atom stereocenters. The van der Waals surface area contributed by atoms with Gasteiger partial charge in [-0.2, -0.15) is 4.98 Å². The van der Waals surface area contributed by atoms with Crippen molar-refractivity contribution in [3.8, 4) is 11.6 Å². The topological polar surface area (TPSA) is 35.0 Å². The molecule has 0 bridgehead atoms. The standard InChI is InChI=1S/C15H16ClFN2O/c1-4-6-12-18-14(16)10(3)15(19-12)20-11-8-5-7-9(2)13(11)17/h5,7-8H,4,6H2,1-3H3. The molecule has 1 aromatic heterocycles. The number of hydrogen-bond donors (Lipinski definition) is 0. The quantitative estimate of drug-likeness (QED) is 0.771. The van der Waals surface area contributed by atoms with Crippen molar-refractivity contribution in [1.29, 1.82) is 0 Å². The molecule has 0 spiro atoms. The molecule has 0 aliphatic heterocycles. The minimum absolute atomic E-state index is 0.144. The van der Waals surface area contributed by atoms with Crippen LogP contribution in [0.2, 0.25) is 5.15 Å². The van der Waals surface area contributed by atoms with Crippen LogP contribution in [-0.4, -0.2) is 9.97 Å². The highest BCUT2D eigenvalue weighted by Gasteiger charge is 2.14. The van der Waals surface area contributed by atoms with Gasteiger partial charge in [0.25, 0.3) is 0 Å². The van der Waals surface area contributed by atoms with Crippen LogP contribution in [0.5, 0.6) is 11.6 Å². The molecule has 1 aromatic carbocycles. The molecule has 0 fully saturated rings. The molecule has 0 aliphatic rings. The van der Waals surface area contributed by atoms with Crippen molar-refractivity contribution in [3.63, 3.8) is 0 Å². The monoisotopic (exact) mass is 294 g/mol. The maximum atomic E-state index is 14.0. The first kappa shape index (κ1) is 14.7. The number of aromatic nitrogens is 2. The first-order valence-corrected chi connectivity index (χ1v) is 6.86.